The zero-order valence-electron chi connectivity index (χ0n) is 22.9. The summed E-state index contributed by atoms with van der Waals surface area (Å²) < 4.78 is 38.2. The summed E-state index contributed by atoms with van der Waals surface area (Å²) in [5, 5.41) is 31.6. The Morgan fingerprint density at radius 2 is 2.02 bits per heavy atom. The van der Waals surface area contributed by atoms with E-state index in [9.17, 15) is 32.5 Å². The third kappa shape index (κ3) is 7.19. The van der Waals surface area contributed by atoms with Crippen molar-refractivity contribution in [1.82, 2.24) is 25.2 Å². The SMILES string of the molecule is CC1(C)C(NC(=O)C(=NOC(COc2ccc(C(=N)NC3CCNC3)cc2)C(=O)O)c2csc(N)n2)C(=O)N1S(=O)(=O)O. The summed E-state index contributed by atoms with van der Waals surface area (Å²) in [5.74, 6) is -3.07. The molecule has 0 spiro atoms. The highest BCUT2D eigenvalue weighted by Crippen LogP contribution is 2.34. The minimum atomic E-state index is -4.88. The summed E-state index contributed by atoms with van der Waals surface area (Å²) in [5.41, 5.74) is 4.11. The fourth-order valence-corrected chi connectivity index (χ4v) is 6.00. The van der Waals surface area contributed by atoms with Crippen LogP contribution in [0.15, 0.2) is 34.8 Å². The highest BCUT2D eigenvalue weighted by Gasteiger charge is 2.60. The average molecular weight is 639 g/mol. The summed E-state index contributed by atoms with van der Waals surface area (Å²) in [6, 6.07) is 5.19. The van der Waals surface area contributed by atoms with Crippen molar-refractivity contribution in [1.29, 1.82) is 5.41 Å². The third-order valence-corrected chi connectivity index (χ3v) is 8.45. The first-order valence-electron chi connectivity index (χ1n) is 12.8. The van der Waals surface area contributed by atoms with E-state index in [4.69, 9.17) is 20.7 Å². The molecule has 3 atom stereocenters. The Hall–Kier alpha value is -4.33. The van der Waals surface area contributed by atoms with E-state index in [0.717, 1.165) is 30.8 Å². The molecule has 2 aliphatic heterocycles. The van der Waals surface area contributed by atoms with Gasteiger partial charge >= 0.3 is 16.3 Å². The van der Waals surface area contributed by atoms with Crippen LogP contribution in [0.1, 0.15) is 31.5 Å². The Bertz CT molecular complexity index is 1540. The predicted molar refractivity (Wildman–Crippen MR) is 153 cm³/mol. The predicted octanol–water partition coefficient (Wildman–Crippen LogP) is -0.837. The smallest absolute Gasteiger partial charge is 0.362 e. The van der Waals surface area contributed by atoms with Crippen LogP contribution in [0.3, 0.4) is 0 Å². The van der Waals surface area contributed by atoms with Gasteiger partial charge in [0, 0.05) is 23.5 Å². The highest BCUT2D eigenvalue weighted by atomic mass is 32.2. The Balaban J connectivity index is 1.43. The lowest BCUT2D eigenvalue weighted by atomic mass is 9.85. The van der Waals surface area contributed by atoms with Crippen LogP contribution in [0, 0.1) is 5.41 Å². The fraction of sp³-hybridized carbons (Fsp3) is 0.417. The van der Waals surface area contributed by atoms with Crippen LogP contribution in [-0.2, 0) is 29.5 Å². The van der Waals surface area contributed by atoms with E-state index in [1.54, 1.807) is 24.3 Å². The van der Waals surface area contributed by atoms with Crippen molar-refractivity contribution < 1.29 is 42.0 Å². The van der Waals surface area contributed by atoms with Gasteiger partial charge in [-0.1, -0.05) is 5.16 Å². The maximum absolute atomic E-state index is 13.1. The number of anilines is 1. The van der Waals surface area contributed by atoms with Gasteiger partial charge in [-0.3, -0.25) is 19.6 Å². The Kier molecular flexibility index (Phi) is 9.18. The molecule has 19 heteroatoms. The number of amides is 2. The monoisotopic (exact) mass is 638 g/mol. The Morgan fingerprint density at radius 1 is 1.33 bits per heavy atom. The van der Waals surface area contributed by atoms with Crippen LogP contribution in [-0.4, -0.2) is 100 Å². The maximum atomic E-state index is 13.1. The average Bonchev–Trinajstić information content (AvgIpc) is 3.60. The summed E-state index contributed by atoms with van der Waals surface area (Å²) in [6.45, 7) is 3.74. The van der Waals surface area contributed by atoms with Crippen LogP contribution in [0.4, 0.5) is 5.13 Å². The second-order valence-corrected chi connectivity index (χ2v) is 12.3. The fourth-order valence-electron chi connectivity index (χ4n) is 4.42. The molecule has 3 unspecified atom stereocenters. The number of hydrogen-bond acceptors (Lipinski definition) is 13. The first kappa shape index (κ1) is 31.6. The molecule has 0 bridgehead atoms. The number of thiazole rings is 1. The number of carbonyl (C=O) groups excluding carboxylic acids is 2. The van der Waals surface area contributed by atoms with Gasteiger partial charge in [0.2, 0.25) is 0 Å². The van der Waals surface area contributed by atoms with Crippen molar-refractivity contribution >= 4 is 56.1 Å². The summed E-state index contributed by atoms with van der Waals surface area (Å²) in [4.78, 5) is 46.5. The molecule has 8 N–H and O–H groups in total. The third-order valence-electron chi connectivity index (χ3n) is 6.66. The number of oxime groups is 1. The zero-order valence-corrected chi connectivity index (χ0v) is 24.6. The largest absolute Gasteiger partial charge is 0.489 e. The van der Waals surface area contributed by atoms with Crippen LogP contribution in [0.25, 0.3) is 0 Å². The molecule has 43 heavy (non-hydrogen) atoms. The van der Waals surface area contributed by atoms with Gasteiger partial charge in [0.25, 0.3) is 17.9 Å². The van der Waals surface area contributed by atoms with Gasteiger partial charge in [0.15, 0.2) is 10.8 Å². The second kappa shape index (κ2) is 12.5. The van der Waals surface area contributed by atoms with Gasteiger partial charge in [0.05, 0.1) is 5.54 Å². The second-order valence-electron chi connectivity index (χ2n) is 10.1. The number of carbonyl (C=O) groups is 3. The number of benzene rings is 1. The highest BCUT2D eigenvalue weighted by molar-refractivity contribution is 7.84. The molecule has 2 fully saturated rings. The lowest BCUT2D eigenvalue weighted by Gasteiger charge is -2.50. The van der Waals surface area contributed by atoms with E-state index in [1.165, 1.54) is 19.2 Å². The molecule has 4 rings (SSSR count). The standard InChI is InChI=1S/C24H30N8O9S2/c1-24(2)18(21(34)32(24)43(37,38)39)30-20(33)17(15-11-42-23(26)29-15)31-41-16(22(35)36)10-40-14-5-3-12(4-6-14)19(25)28-13-7-8-27-9-13/h3-6,11,13,16,18,27H,7-10H2,1-2H3,(H2,25,28)(H2,26,29)(H,30,33)(H,35,36)(H,37,38,39). The van der Waals surface area contributed by atoms with Crippen molar-refractivity contribution in [2.24, 2.45) is 5.16 Å². The van der Waals surface area contributed by atoms with Gasteiger partial charge < -0.3 is 36.4 Å². The molecule has 2 aromatic rings. The molecule has 0 aliphatic carbocycles. The van der Waals surface area contributed by atoms with E-state index in [2.05, 4.69) is 26.1 Å². The first-order valence-corrected chi connectivity index (χ1v) is 15.1. The molecular formula is C24H30N8O9S2. The molecule has 2 aliphatic rings. The van der Waals surface area contributed by atoms with Crippen molar-refractivity contribution in [3.8, 4) is 5.75 Å². The van der Waals surface area contributed by atoms with Crippen molar-refractivity contribution in [2.75, 3.05) is 25.4 Å². The molecule has 2 amide bonds. The van der Waals surface area contributed by atoms with Crippen molar-refractivity contribution in [2.45, 2.75) is 44.0 Å². The number of nitrogens with zero attached hydrogens (tertiary/aromatic N) is 3. The lowest BCUT2D eigenvalue weighted by Crippen LogP contribution is -2.77. The van der Waals surface area contributed by atoms with Crippen molar-refractivity contribution in [3.63, 3.8) is 0 Å². The number of hydrogen-bond donors (Lipinski definition) is 7. The summed E-state index contributed by atoms with van der Waals surface area (Å²) in [6.07, 6.45) is -0.782. The number of β-lactam (4-membered cyclic amide) rings is 1. The molecule has 232 valence electrons. The minimum absolute atomic E-state index is 0.0536. The number of nitrogens with two attached hydrogens (primary N) is 1. The number of rotatable bonds is 12. The Morgan fingerprint density at radius 3 is 2.56 bits per heavy atom. The number of nitrogens with one attached hydrogen (secondary N) is 4. The van der Waals surface area contributed by atoms with E-state index in [0.29, 0.717) is 5.56 Å². The molecule has 1 aromatic carbocycles. The van der Waals surface area contributed by atoms with Crippen LogP contribution < -0.4 is 26.4 Å². The zero-order chi connectivity index (χ0) is 31.5. The van der Waals surface area contributed by atoms with Crippen molar-refractivity contribution in [3.05, 3.63) is 40.9 Å². The van der Waals surface area contributed by atoms with Gasteiger partial charge in [-0.05, 0) is 51.1 Å². The molecular weight excluding hydrogens is 608 g/mol. The number of aliphatic carboxylic acids is 1. The molecule has 0 saturated carbocycles. The number of nitrogen functional groups attached to an aromatic ring is 1. The molecule has 3 heterocycles. The Labute approximate surface area is 249 Å². The molecule has 2 saturated heterocycles. The van der Waals surface area contributed by atoms with Gasteiger partial charge in [-0.15, -0.1) is 11.3 Å². The van der Waals surface area contributed by atoms with E-state index in [-0.39, 0.29) is 32.8 Å². The van der Waals surface area contributed by atoms with Gasteiger partial charge in [0.1, 0.15) is 29.9 Å². The number of aromatic nitrogens is 1. The van der Waals surface area contributed by atoms with Crippen LogP contribution in [0.5, 0.6) is 5.75 Å². The summed E-state index contributed by atoms with van der Waals surface area (Å²) >= 11 is 0.952. The number of carboxylic acid groups (broad SMARTS) is 1. The summed E-state index contributed by atoms with van der Waals surface area (Å²) in [7, 11) is -4.88. The molecule has 0 radical (unpaired) electrons. The lowest BCUT2D eigenvalue weighted by molar-refractivity contribution is -0.152. The number of ether oxygens (including phenoxy) is 1. The quantitative estimate of drug-likeness (QED) is 0.0493. The molecule has 1 aromatic heterocycles. The number of carboxylic acids is 1. The minimum Gasteiger partial charge on any atom is -0.489 e. The van der Waals surface area contributed by atoms with E-state index < -0.39 is 58.1 Å². The van der Waals surface area contributed by atoms with E-state index in [1.807, 2.05) is 0 Å². The van der Waals surface area contributed by atoms with Crippen LogP contribution in [0.2, 0.25) is 0 Å². The molecule has 17 nitrogen and oxygen atoms in total. The topological polar surface area (TPSA) is 259 Å². The van der Waals surface area contributed by atoms with Gasteiger partial charge in [-0.2, -0.15) is 8.42 Å². The first-order chi connectivity index (χ1) is 20.2. The van der Waals surface area contributed by atoms with E-state index >= 15 is 0 Å². The maximum Gasteiger partial charge on any atom is 0.362 e. The van der Waals surface area contributed by atoms with Crippen LogP contribution >= 0.6 is 11.3 Å². The van der Waals surface area contributed by atoms with Gasteiger partial charge in [-0.25, -0.2) is 14.1 Å². The number of amidine groups is 1. The normalized spacial score (nSPS) is 20.6.